The van der Waals surface area contributed by atoms with E-state index >= 15 is 0 Å². The lowest BCUT2D eigenvalue weighted by atomic mass is 10.3. The predicted molar refractivity (Wildman–Crippen MR) is 35.1 cm³/mol. The van der Waals surface area contributed by atoms with Crippen molar-refractivity contribution in [2.75, 3.05) is 6.61 Å². The van der Waals surface area contributed by atoms with E-state index in [0.717, 1.165) is 5.56 Å². The van der Waals surface area contributed by atoms with Crippen LogP contribution in [0, 0.1) is 11.8 Å². The molecule has 3 heteroatoms. The molecule has 10 heavy (non-hydrogen) atoms. The van der Waals surface area contributed by atoms with E-state index in [1.54, 1.807) is 0 Å². The molecule has 0 unspecified atom stereocenters. The first-order chi connectivity index (χ1) is 4.93. The quantitative estimate of drug-likeness (QED) is 0.570. The Bertz CT molecular complexity index is 230. The van der Waals surface area contributed by atoms with Crippen LogP contribution in [0.1, 0.15) is 12.0 Å². The first-order valence-corrected chi connectivity index (χ1v) is 2.92. The average Bonchev–Trinajstić information content (AvgIpc) is 2.41. The standard InChI is InChI=1S/C7H7NO2/c9-4-2-1-3-7-5-8-10-6-7/h5-6,9H,2,4H2. The van der Waals surface area contributed by atoms with Crippen LogP contribution in [-0.2, 0) is 0 Å². The summed E-state index contributed by atoms with van der Waals surface area (Å²) in [5.74, 6) is 5.50. The Morgan fingerprint density at radius 2 is 2.60 bits per heavy atom. The highest BCUT2D eigenvalue weighted by atomic mass is 16.5. The zero-order valence-corrected chi connectivity index (χ0v) is 5.37. The van der Waals surface area contributed by atoms with Crippen LogP contribution in [0.2, 0.25) is 0 Å². The van der Waals surface area contributed by atoms with Gasteiger partial charge in [-0.05, 0) is 0 Å². The van der Waals surface area contributed by atoms with Gasteiger partial charge in [-0.15, -0.1) is 0 Å². The molecule has 1 N–H and O–H groups in total. The van der Waals surface area contributed by atoms with Gasteiger partial charge in [0.15, 0.2) is 0 Å². The van der Waals surface area contributed by atoms with Gasteiger partial charge in [0.05, 0.1) is 18.4 Å². The van der Waals surface area contributed by atoms with Crippen LogP contribution in [-0.4, -0.2) is 16.9 Å². The maximum absolute atomic E-state index is 8.35. The van der Waals surface area contributed by atoms with Gasteiger partial charge in [-0.25, -0.2) is 0 Å². The fourth-order valence-electron chi connectivity index (χ4n) is 0.487. The summed E-state index contributed by atoms with van der Waals surface area (Å²) in [7, 11) is 0. The van der Waals surface area contributed by atoms with Gasteiger partial charge in [-0.2, -0.15) is 0 Å². The number of rotatable bonds is 1. The third-order valence-corrected chi connectivity index (χ3v) is 0.902. The molecule has 1 heterocycles. The van der Waals surface area contributed by atoms with E-state index in [2.05, 4.69) is 21.5 Å². The van der Waals surface area contributed by atoms with Gasteiger partial charge in [0.1, 0.15) is 6.26 Å². The van der Waals surface area contributed by atoms with Gasteiger partial charge >= 0.3 is 0 Å². The molecule has 3 nitrogen and oxygen atoms in total. The Hall–Kier alpha value is -1.27. The number of aromatic nitrogens is 1. The zero-order chi connectivity index (χ0) is 7.23. The monoisotopic (exact) mass is 137 g/mol. The second kappa shape index (κ2) is 3.70. The second-order valence-corrected chi connectivity index (χ2v) is 1.69. The molecule has 1 aromatic rings. The van der Waals surface area contributed by atoms with Gasteiger partial charge in [0.2, 0.25) is 0 Å². The molecule has 0 aliphatic rings. The van der Waals surface area contributed by atoms with E-state index in [1.807, 2.05) is 0 Å². The summed E-state index contributed by atoms with van der Waals surface area (Å²) in [4.78, 5) is 0. The number of aliphatic hydroxyl groups excluding tert-OH is 1. The Kier molecular flexibility index (Phi) is 2.53. The Labute approximate surface area is 58.6 Å². The summed E-state index contributed by atoms with van der Waals surface area (Å²) < 4.78 is 4.53. The third kappa shape index (κ3) is 1.92. The van der Waals surface area contributed by atoms with Crippen molar-refractivity contribution in [3.8, 4) is 11.8 Å². The molecule has 0 amide bonds. The van der Waals surface area contributed by atoms with Gasteiger partial charge in [0, 0.05) is 6.42 Å². The zero-order valence-electron chi connectivity index (χ0n) is 5.37. The molecule has 0 aromatic carbocycles. The first kappa shape index (κ1) is 6.84. The number of aliphatic hydroxyl groups is 1. The molecule has 0 saturated carbocycles. The van der Waals surface area contributed by atoms with Gasteiger partial charge < -0.3 is 9.63 Å². The SMILES string of the molecule is OCCC#Cc1cnoc1. The van der Waals surface area contributed by atoms with E-state index in [9.17, 15) is 0 Å². The molecular weight excluding hydrogens is 130 g/mol. The molecule has 0 radical (unpaired) electrons. The Morgan fingerprint density at radius 1 is 1.70 bits per heavy atom. The van der Waals surface area contributed by atoms with Crippen molar-refractivity contribution in [3.05, 3.63) is 18.0 Å². The lowest BCUT2D eigenvalue weighted by Crippen LogP contribution is -1.75. The topological polar surface area (TPSA) is 46.3 Å². The fourth-order valence-corrected chi connectivity index (χ4v) is 0.487. The van der Waals surface area contributed by atoms with E-state index in [1.165, 1.54) is 12.5 Å². The minimum atomic E-state index is 0.0955. The minimum absolute atomic E-state index is 0.0955. The van der Waals surface area contributed by atoms with Crippen molar-refractivity contribution < 1.29 is 9.63 Å². The maximum Gasteiger partial charge on any atom is 0.139 e. The number of hydrogen-bond acceptors (Lipinski definition) is 3. The van der Waals surface area contributed by atoms with Crippen LogP contribution >= 0.6 is 0 Å². The van der Waals surface area contributed by atoms with Gasteiger partial charge in [-0.1, -0.05) is 17.0 Å². The molecule has 1 aromatic heterocycles. The largest absolute Gasteiger partial charge is 0.395 e. The van der Waals surface area contributed by atoms with Crippen LogP contribution in [0.25, 0.3) is 0 Å². The molecular formula is C7H7NO2. The highest BCUT2D eigenvalue weighted by Gasteiger charge is 1.85. The average molecular weight is 137 g/mol. The van der Waals surface area contributed by atoms with Crippen molar-refractivity contribution >= 4 is 0 Å². The molecule has 0 aliphatic heterocycles. The van der Waals surface area contributed by atoms with Crippen LogP contribution in [0.5, 0.6) is 0 Å². The van der Waals surface area contributed by atoms with E-state index < -0.39 is 0 Å². The van der Waals surface area contributed by atoms with Crippen LogP contribution in [0.15, 0.2) is 17.0 Å². The fraction of sp³-hybridized carbons (Fsp3) is 0.286. The normalized spacial score (nSPS) is 8.50. The molecule has 0 saturated heterocycles. The van der Waals surface area contributed by atoms with Crippen molar-refractivity contribution in [1.29, 1.82) is 0 Å². The van der Waals surface area contributed by atoms with Crippen LogP contribution < -0.4 is 0 Å². The second-order valence-electron chi connectivity index (χ2n) is 1.69. The Morgan fingerprint density at radius 3 is 3.20 bits per heavy atom. The highest BCUT2D eigenvalue weighted by molar-refractivity contribution is 5.27. The van der Waals surface area contributed by atoms with Gasteiger partial charge in [0.25, 0.3) is 0 Å². The summed E-state index contributed by atoms with van der Waals surface area (Å²) in [6.45, 7) is 0.0955. The van der Waals surface area contributed by atoms with Crippen molar-refractivity contribution in [3.63, 3.8) is 0 Å². The lowest BCUT2D eigenvalue weighted by molar-refractivity contribution is 0.305. The first-order valence-electron chi connectivity index (χ1n) is 2.92. The molecule has 0 atom stereocenters. The maximum atomic E-state index is 8.35. The summed E-state index contributed by atoms with van der Waals surface area (Å²) >= 11 is 0. The molecule has 0 fully saturated rings. The summed E-state index contributed by atoms with van der Waals surface area (Å²) in [5.41, 5.74) is 0.744. The molecule has 0 aliphatic carbocycles. The van der Waals surface area contributed by atoms with Crippen molar-refractivity contribution in [2.24, 2.45) is 0 Å². The molecule has 1 rings (SSSR count). The summed E-state index contributed by atoms with van der Waals surface area (Å²) in [6, 6.07) is 0. The predicted octanol–water partition coefficient (Wildman–Crippen LogP) is 0.408. The minimum Gasteiger partial charge on any atom is -0.395 e. The van der Waals surface area contributed by atoms with Crippen molar-refractivity contribution in [2.45, 2.75) is 6.42 Å². The smallest absolute Gasteiger partial charge is 0.139 e. The highest BCUT2D eigenvalue weighted by Crippen LogP contribution is 1.91. The van der Waals surface area contributed by atoms with Crippen molar-refractivity contribution in [1.82, 2.24) is 5.16 Å². The van der Waals surface area contributed by atoms with E-state index in [4.69, 9.17) is 5.11 Å². The van der Waals surface area contributed by atoms with E-state index in [0.29, 0.717) is 6.42 Å². The Balaban J connectivity index is 2.49. The number of nitrogens with zero attached hydrogens (tertiary/aromatic N) is 1. The van der Waals surface area contributed by atoms with Crippen LogP contribution in [0.3, 0.4) is 0 Å². The summed E-state index contributed by atoms with van der Waals surface area (Å²) in [6.07, 6.45) is 3.49. The molecule has 0 bridgehead atoms. The summed E-state index contributed by atoms with van der Waals surface area (Å²) in [5, 5.41) is 11.8. The third-order valence-electron chi connectivity index (χ3n) is 0.902. The van der Waals surface area contributed by atoms with Crippen LogP contribution in [0.4, 0.5) is 0 Å². The van der Waals surface area contributed by atoms with E-state index in [-0.39, 0.29) is 6.61 Å². The molecule has 0 spiro atoms. The lowest BCUT2D eigenvalue weighted by Gasteiger charge is -1.75. The molecule has 52 valence electrons. The van der Waals surface area contributed by atoms with Gasteiger partial charge in [-0.3, -0.25) is 0 Å². The number of hydrogen-bond donors (Lipinski definition) is 1.